The normalized spacial score (nSPS) is 10.1. The summed E-state index contributed by atoms with van der Waals surface area (Å²) in [6.07, 6.45) is 0. The number of benzene rings is 3. The van der Waals surface area contributed by atoms with E-state index in [9.17, 15) is 9.59 Å². The number of rotatable bonds is 7. The largest absolute Gasteiger partial charge is 0.493 e. The minimum Gasteiger partial charge on any atom is -0.493 e. The van der Waals surface area contributed by atoms with Crippen LogP contribution in [-0.4, -0.2) is 26.1 Å². The van der Waals surface area contributed by atoms with Crippen molar-refractivity contribution in [1.82, 2.24) is 0 Å². The first-order valence-corrected chi connectivity index (χ1v) is 8.95. The Kier molecular flexibility index (Phi) is 6.47. The zero-order valence-electron chi connectivity index (χ0n) is 16.2. The van der Waals surface area contributed by atoms with Gasteiger partial charge in [-0.25, -0.2) is 4.79 Å². The Hall–Kier alpha value is -3.80. The van der Waals surface area contributed by atoms with Gasteiger partial charge < -0.3 is 19.5 Å². The Morgan fingerprint density at radius 2 is 1.45 bits per heavy atom. The summed E-state index contributed by atoms with van der Waals surface area (Å²) in [6.45, 7) is 0.0910. The van der Waals surface area contributed by atoms with E-state index in [-0.39, 0.29) is 12.5 Å². The van der Waals surface area contributed by atoms with Gasteiger partial charge in [0, 0.05) is 11.3 Å². The summed E-state index contributed by atoms with van der Waals surface area (Å²) < 4.78 is 15.7. The van der Waals surface area contributed by atoms with Gasteiger partial charge in [0.1, 0.15) is 6.61 Å². The highest BCUT2D eigenvalue weighted by Crippen LogP contribution is 2.27. The number of carbonyl (C=O) groups excluding carboxylic acids is 2. The van der Waals surface area contributed by atoms with E-state index in [1.54, 1.807) is 42.5 Å². The van der Waals surface area contributed by atoms with Crippen molar-refractivity contribution in [3.63, 3.8) is 0 Å². The lowest BCUT2D eigenvalue weighted by Gasteiger charge is -2.10. The maximum Gasteiger partial charge on any atom is 0.338 e. The average molecular weight is 391 g/mol. The number of anilines is 1. The molecular formula is C23H21NO5. The molecule has 0 heterocycles. The van der Waals surface area contributed by atoms with Crippen molar-refractivity contribution in [2.45, 2.75) is 6.61 Å². The molecule has 0 aliphatic carbocycles. The minimum atomic E-state index is -0.475. The zero-order chi connectivity index (χ0) is 20.6. The highest BCUT2D eigenvalue weighted by molar-refractivity contribution is 6.04. The van der Waals surface area contributed by atoms with Crippen LogP contribution in [0.1, 0.15) is 26.3 Å². The summed E-state index contributed by atoms with van der Waals surface area (Å²) in [7, 11) is 3.03. The number of amides is 1. The summed E-state index contributed by atoms with van der Waals surface area (Å²) in [4.78, 5) is 24.6. The molecule has 6 heteroatoms. The molecule has 0 spiro atoms. The van der Waals surface area contributed by atoms with Crippen LogP contribution in [0.4, 0.5) is 5.69 Å². The van der Waals surface area contributed by atoms with Crippen molar-refractivity contribution in [1.29, 1.82) is 0 Å². The van der Waals surface area contributed by atoms with Crippen LogP contribution < -0.4 is 14.8 Å². The van der Waals surface area contributed by atoms with Crippen LogP contribution in [-0.2, 0) is 11.3 Å². The van der Waals surface area contributed by atoms with E-state index in [4.69, 9.17) is 14.2 Å². The first-order chi connectivity index (χ1) is 14.1. The number of carbonyl (C=O) groups is 2. The number of hydrogen-bond donors (Lipinski definition) is 1. The van der Waals surface area contributed by atoms with Crippen LogP contribution in [0.2, 0.25) is 0 Å². The molecule has 3 rings (SSSR count). The van der Waals surface area contributed by atoms with Gasteiger partial charge in [0.25, 0.3) is 5.91 Å². The number of para-hydroxylation sites is 1. The number of methoxy groups -OCH3 is 2. The summed E-state index contributed by atoms with van der Waals surface area (Å²) in [5.74, 6) is 0.311. The third-order valence-corrected chi connectivity index (χ3v) is 4.24. The molecule has 0 saturated carbocycles. The quantitative estimate of drug-likeness (QED) is 0.608. The molecular weight excluding hydrogens is 370 g/mol. The number of esters is 1. The first-order valence-electron chi connectivity index (χ1n) is 8.95. The Labute approximate surface area is 169 Å². The number of nitrogens with one attached hydrogen (secondary N) is 1. The fourth-order valence-electron chi connectivity index (χ4n) is 2.67. The molecule has 29 heavy (non-hydrogen) atoms. The Morgan fingerprint density at radius 1 is 0.793 bits per heavy atom. The van der Waals surface area contributed by atoms with Crippen molar-refractivity contribution in [2.75, 3.05) is 19.5 Å². The molecule has 0 aromatic heterocycles. The van der Waals surface area contributed by atoms with E-state index in [1.807, 2.05) is 30.3 Å². The SMILES string of the molecule is COc1ccc(C(=O)OCc2ccc(C(=O)Nc3ccccc3)cc2)cc1OC. The van der Waals surface area contributed by atoms with Gasteiger partial charge in [-0.1, -0.05) is 30.3 Å². The summed E-state index contributed by atoms with van der Waals surface area (Å²) in [5.41, 5.74) is 2.38. The second-order valence-electron chi connectivity index (χ2n) is 6.16. The molecule has 0 bridgehead atoms. The van der Waals surface area contributed by atoms with Crippen LogP contribution >= 0.6 is 0 Å². The lowest BCUT2D eigenvalue weighted by atomic mass is 10.1. The van der Waals surface area contributed by atoms with Crippen LogP contribution in [0.15, 0.2) is 72.8 Å². The zero-order valence-corrected chi connectivity index (χ0v) is 16.2. The van der Waals surface area contributed by atoms with Gasteiger partial charge in [-0.3, -0.25) is 4.79 Å². The predicted octanol–water partition coefficient (Wildman–Crippen LogP) is 4.31. The molecule has 0 saturated heterocycles. The third-order valence-electron chi connectivity index (χ3n) is 4.24. The lowest BCUT2D eigenvalue weighted by Crippen LogP contribution is -2.12. The highest BCUT2D eigenvalue weighted by Gasteiger charge is 2.12. The Morgan fingerprint density at radius 3 is 2.10 bits per heavy atom. The van der Waals surface area contributed by atoms with Gasteiger partial charge in [0.2, 0.25) is 0 Å². The average Bonchev–Trinajstić information content (AvgIpc) is 2.78. The highest BCUT2D eigenvalue weighted by atomic mass is 16.5. The topological polar surface area (TPSA) is 73.9 Å². The van der Waals surface area contributed by atoms with Crippen molar-refractivity contribution in [3.8, 4) is 11.5 Å². The first kappa shape index (κ1) is 19.9. The fraction of sp³-hybridized carbons (Fsp3) is 0.130. The molecule has 0 fully saturated rings. The second kappa shape index (κ2) is 9.41. The maximum atomic E-state index is 12.3. The van der Waals surface area contributed by atoms with E-state index in [0.29, 0.717) is 22.6 Å². The summed E-state index contributed by atoms with van der Waals surface area (Å²) in [5, 5.41) is 2.82. The van der Waals surface area contributed by atoms with Crippen LogP contribution in [0, 0.1) is 0 Å². The Bertz CT molecular complexity index is 984. The molecule has 1 amide bonds. The predicted molar refractivity (Wildman–Crippen MR) is 110 cm³/mol. The van der Waals surface area contributed by atoms with E-state index < -0.39 is 5.97 Å². The molecule has 6 nitrogen and oxygen atoms in total. The van der Waals surface area contributed by atoms with E-state index >= 15 is 0 Å². The van der Waals surface area contributed by atoms with Crippen molar-refractivity contribution < 1.29 is 23.8 Å². The molecule has 3 aromatic rings. The van der Waals surface area contributed by atoms with Gasteiger partial charge >= 0.3 is 5.97 Å². The second-order valence-corrected chi connectivity index (χ2v) is 6.16. The smallest absolute Gasteiger partial charge is 0.338 e. The number of ether oxygens (including phenoxy) is 3. The molecule has 0 aliphatic heterocycles. The van der Waals surface area contributed by atoms with E-state index in [2.05, 4.69) is 5.32 Å². The standard InChI is InChI=1S/C23H21NO5/c1-27-20-13-12-18(14-21(20)28-2)23(26)29-15-16-8-10-17(11-9-16)22(25)24-19-6-4-3-5-7-19/h3-14H,15H2,1-2H3,(H,24,25). The van der Waals surface area contributed by atoms with Crippen LogP contribution in [0.5, 0.6) is 11.5 Å². The molecule has 0 radical (unpaired) electrons. The molecule has 1 N–H and O–H groups in total. The van der Waals surface area contributed by atoms with Gasteiger partial charge in [-0.15, -0.1) is 0 Å². The van der Waals surface area contributed by atoms with Gasteiger partial charge in [-0.05, 0) is 48.0 Å². The van der Waals surface area contributed by atoms with Crippen LogP contribution in [0.3, 0.4) is 0 Å². The van der Waals surface area contributed by atoms with E-state index in [1.165, 1.54) is 14.2 Å². The molecule has 0 unspecified atom stereocenters. The minimum absolute atomic E-state index is 0.0910. The van der Waals surface area contributed by atoms with Gasteiger partial charge in [-0.2, -0.15) is 0 Å². The maximum absolute atomic E-state index is 12.3. The van der Waals surface area contributed by atoms with Gasteiger partial charge in [0.15, 0.2) is 11.5 Å². The monoisotopic (exact) mass is 391 g/mol. The Balaban J connectivity index is 1.58. The van der Waals surface area contributed by atoms with Gasteiger partial charge in [0.05, 0.1) is 19.8 Å². The van der Waals surface area contributed by atoms with Crippen LogP contribution in [0.25, 0.3) is 0 Å². The van der Waals surface area contributed by atoms with Crippen molar-refractivity contribution in [3.05, 3.63) is 89.5 Å². The molecule has 0 atom stereocenters. The summed E-state index contributed by atoms with van der Waals surface area (Å²) in [6, 6.07) is 20.9. The lowest BCUT2D eigenvalue weighted by molar-refractivity contribution is 0.0472. The molecule has 3 aromatic carbocycles. The molecule has 0 aliphatic rings. The third kappa shape index (κ3) is 5.13. The number of hydrogen-bond acceptors (Lipinski definition) is 5. The fourth-order valence-corrected chi connectivity index (χ4v) is 2.67. The van der Waals surface area contributed by atoms with Crippen molar-refractivity contribution in [2.24, 2.45) is 0 Å². The molecule has 148 valence electrons. The van der Waals surface area contributed by atoms with E-state index in [0.717, 1.165) is 11.3 Å². The van der Waals surface area contributed by atoms with Crippen molar-refractivity contribution >= 4 is 17.6 Å². The summed E-state index contributed by atoms with van der Waals surface area (Å²) >= 11 is 0.